The molecule has 0 fully saturated rings. The van der Waals surface area contributed by atoms with E-state index in [0.717, 1.165) is 29.2 Å². The minimum Gasteiger partial charge on any atom is -0.545 e. The van der Waals surface area contributed by atoms with Crippen molar-refractivity contribution in [2.45, 2.75) is 6.54 Å². The molecular weight excluding hydrogens is 288 g/mol. The zero-order valence-electron chi connectivity index (χ0n) is 12.8. The monoisotopic (exact) mass is 307 g/mol. The number of aromatic carboxylic acids is 1. The minimum atomic E-state index is -1.85. The second kappa shape index (κ2) is 7.66. The number of hydrogen-bond donors (Lipinski definition) is 0. The van der Waals surface area contributed by atoms with Crippen molar-refractivity contribution in [3.63, 3.8) is 0 Å². The quantitative estimate of drug-likeness (QED) is 0.816. The molecule has 5 heteroatoms. The lowest BCUT2D eigenvalue weighted by molar-refractivity contribution is -0.884. The molecule has 0 aliphatic heterocycles. The van der Waals surface area contributed by atoms with E-state index in [-0.39, 0.29) is 0 Å². The molecule has 0 atom stereocenters. The van der Waals surface area contributed by atoms with E-state index in [1.54, 1.807) is 0 Å². The van der Waals surface area contributed by atoms with Gasteiger partial charge >= 0.3 is 0 Å². The maximum atomic E-state index is 12.4. The first-order chi connectivity index (χ1) is 10.2. The first-order valence-electron chi connectivity index (χ1n) is 6.70. The van der Waals surface area contributed by atoms with Crippen molar-refractivity contribution in [1.82, 2.24) is 0 Å². The minimum absolute atomic E-state index is 0.855. The lowest BCUT2D eigenvalue weighted by Gasteiger charge is -2.23. The Bertz CT molecular complexity index is 602. The summed E-state index contributed by atoms with van der Waals surface area (Å²) in [5.74, 6) is -4.09. The zero-order chi connectivity index (χ0) is 16.8. The van der Waals surface area contributed by atoms with Crippen LogP contribution in [0.15, 0.2) is 48.5 Å². The Morgan fingerprint density at radius 2 is 1.45 bits per heavy atom. The van der Waals surface area contributed by atoms with Gasteiger partial charge in [-0.05, 0) is 12.1 Å². The van der Waals surface area contributed by atoms with Gasteiger partial charge in [-0.25, -0.2) is 8.78 Å². The molecule has 2 aromatic rings. The van der Waals surface area contributed by atoms with Gasteiger partial charge in [0.2, 0.25) is 0 Å². The third kappa shape index (κ3) is 6.01. The van der Waals surface area contributed by atoms with Crippen molar-refractivity contribution in [1.29, 1.82) is 0 Å². The number of carboxylic acids is 1. The van der Waals surface area contributed by atoms with Crippen LogP contribution in [0, 0.1) is 11.6 Å². The number of rotatable bonds is 3. The van der Waals surface area contributed by atoms with Gasteiger partial charge in [0.25, 0.3) is 0 Å². The van der Waals surface area contributed by atoms with Gasteiger partial charge in [-0.15, -0.1) is 0 Å². The molecule has 0 aliphatic carbocycles. The summed E-state index contributed by atoms with van der Waals surface area (Å²) in [6.07, 6.45) is 0. The number of carboxylic acid groups (broad SMARTS) is 1. The van der Waals surface area contributed by atoms with Gasteiger partial charge in [-0.2, -0.15) is 0 Å². The number of halogens is 2. The highest BCUT2D eigenvalue weighted by Crippen LogP contribution is 2.10. The molecule has 0 saturated carbocycles. The van der Waals surface area contributed by atoms with Crippen LogP contribution < -0.4 is 5.11 Å². The Labute approximate surface area is 129 Å². The summed E-state index contributed by atoms with van der Waals surface area (Å²) in [6, 6.07) is 13.4. The average molecular weight is 307 g/mol. The lowest BCUT2D eigenvalue weighted by atomic mass is 10.2. The lowest BCUT2D eigenvalue weighted by Crippen LogP contribution is -2.33. The van der Waals surface area contributed by atoms with E-state index >= 15 is 0 Å². The fraction of sp³-hybridized carbons (Fsp3) is 0.235. The van der Waals surface area contributed by atoms with Crippen molar-refractivity contribution >= 4 is 5.97 Å². The van der Waals surface area contributed by atoms with E-state index in [9.17, 15) is 18.7 Å². The Kier molecular flexibility index (Phi) is 6.19. The van der Waals surface area contributed by atoms with Gasteiger partial charge in [0.05, 0.1) is 32.7 Å². The predicted octanol–water partition coefficient (Wildman–Crippen LogP) is 2.22. The van der Waals surface area contributed by atoms with Gasteiger partial charge in [0, 0.05) is 5.56 Å². The summed E-state index contributed by atoms with van der Waals surface area (Å²) < 4.78 is 25.9. The van der Waals surface area contributed by atoms with Crippen molar-refractivity contribution in [2.75, 3.05) is 21.1 Å². The van der Waals surface area contributed by atoms with E-state index in [1.807, 2.05) is 0 Å². The summed E-state index contributed by atoms with van der Waals surface area (Å²) in [4.78, 5) is 10.1. The Hall–Kier alpha value is -2.27. The van der Waals surface area contributed by atoms with E-state index < -0.39 is 23.2 Å². The van der Waals surface area contributed by atoms with E-state index in [1.165, 1.54) is 5.56 Å². The molecule has 2 aromatic carbocycles. The molecule has 0 spiro atoms. The van der Waals surface area contributed by atoms with E-state index in [4.69, 9.17) is 0 Å². The average Bonchev–Trinajstić information content (AvgIpc) is 2.38. The number of carbonyl (C=O) groups is 1. The van der Waals surface area contributed by atoms with Crippen LogP contribution >= 0.6 is 0 Å². The Morgan fingerprint density at radius 1 is 0.955 bits per heavy atom. The van der Waals surface area contributed by atoms with Crippen LogP contribution in [0.1, 0.15) is 15.9 Å². The highest BCUT2D eigenvalue weighted by atomic mass is 19.1. The number of nitrogens with zero attached hydrogens (tertiary/aromatic N) is 1. The van der Waals surface area contributed by atoms with Crippen molar-refractivity contribution in [3.8, 4) is 0 Å². The normalized spacial score (nSPS) is 10.6. The van der Waals surface area contributed by atoms with Gasteiger partial charge in [-0.1, -0.05) is 36.4 Å². The van der Waals surface area contributed by atoms with Crippen LogP contribution in [-0.4, -0.2) is 31.6 Å². The van der Waals surface area contributed by atoms with Crippen LogP contribution in [0.3, 0.4) is 0 Å². The van der Waals surface area contributed by atoms with Crippen LogP contribution in [0.4, 0.5) is 8.78 Å². The number of carbonyl (C=O) groups excluding carboxylic acids is 1. The molecule has 0 unspecified atom stereocenters. The molecule has 0 bridgehead atoms. The molecule has 0 aliphatic rings. The first-order valence-corrected chi connectivity index (χ1v) is 6.70. The van der Waals surface area contributed by atoms with Crippen LogP contribution in [0.2, 0.25) is 0 Å². The first kappa shape index (κ1) is 17.8. The number of quaternary nitrogens is 1. The molecule has 0 saturated heterocycles. The van der Waals surface area contributed by atoms with Crippen LogP contribution in [0.25, 0.3) is 0 Å². The molecule has 2 rings (SSSR count). The van der Waals surface area contributed by atoms with Crippen molar-refractivity contribution < 1.29 is 23.2 Å². The fourth-order valence-electron chi connectivity index (χ4n) is 1.82. The topological polar surface area (TPSA) is 40.1 Å². The van der Waals surface area contributed by atoms with E-state index in [0.29, 0.717) is 0 Å². The van der Waals surface area contributed by atoms with Crippen LogP contribution in [0.5, 0.6) is 0 Å². The largest absolute Gasteiger partial charge is 0.545 e. The molecule has 118 valence electrons. The zero-order valence-corrected chi connectivity index (χ0v) is 12.8. The predicted molar refractivity (Wildman–Crippen MR) is 78.9 cm³/mol. The second-order valence-corrected chi connectivity index (χ2v) is 5.82. The molecule has 0 N–H and O–H groups in total. The summed E-state index contributed by atoms with van der Waals surface area (Å²) in [6.45, 7) is 1.10. The SMILES string of the molecule is C[N+](C)(C)Cc1ccccc1.O=C([O-])c1c(F)cccc1F. The summed E-state index contributed by atoms with van der Waals surface area (Å²) >= 11 is 0. The molecule has 0 radical (unpaired) electrons. The maximum Gasteiger partial charge on any atom is 0.135 e. The fourth-order valence-corrected chi connectivity index (χ4v) is 1.82. The van der Waals surface area contributed by atoms with Crippen LogP contribution in [-0.2, 0) is 6.54 Å². The third-order valence-corrected chi connectivity index (χ3v) is 2.67. The summed E-state index contributed by atoms with van der Waals surface area (Å²) in [5, 5.41) is 10.1. The van der Waals surface area contributed by atoms with Gasteiger partial charge in [-0.3, -0.25) is 0 Å². The molecular formula is C17H19F2NO2. The van der Waals surface area contributed by atoms with Crippen molar-refractivity contribution in [3.05, 3.63) is 71.3 Å². The van der Waals surface area contributed by atoms with Gasteiger partial charge < -0.3 is 14.4 Å². The summed E-state index contributed by atoms with van der Waals surface area (Å²) in [5.41, 5.74) is 0.382. The molecule has 22 heavy (non-hydrogen) atoms. The van der Waals surface area contributed by atoms with Crippen molar-refractivity contribution in [2.24, 2.45) is 0 Å². The summed E-state index contributed by atoms with van der Waals surface area (Å²) in [7, 11) is 6.60. The Morgan fingerprint density at radius 3 is 1.82 bits per heavy atom. The van der Waals surface area contributed by atoms with Gasteiger partial charge in [0.15, 0.2) is 0 Å². The molecule has 3 nitrogen and oxygen atoms in total. The number of benzene rings is 2. The molecule has 0 heterocycles. The highest BCUT2D eigenvalue weighted by molar-refractivity contribution is 5.86. The third-order valence-electron chi connectivity index (χ3n) is 2.67. The van der Waals surface area contributed by atoms with Gasteiger partial charge in [0.1, 0.15) is 18.2 Å². The highest BCUT2D eigenvalue weighted by Gasteiger charge is 2.08. The standard InChI is InChI=1S/C10H16N.C7H4F2O2/c1-11(2,3)9-10-7-5-4-6-8-10;8-4-2-1-3-5(9)6(4)7(10)11/h4-8H,9H2,1-3H3;1-3H,(H,10,11)/q+1;/p-1. The maximum absolute atomic E-state index is 12.4. The second-order valence-electron chi connectivity index (χ2n) is 5.82. The Balaban J connectivity index is 0.000000220. The molecule has 0 amide bonds. The number of hydrogen-bond acceptors (Lipinski definition) is 2. The van der Waals surface area contributed by atoms with E-state index in [2.05, 4.69) is 51.5 Å². The smallest absolute Gasteiger partial charge is 0.135 e. The molecule has 0 aromatic heterocycles.